The molecule has 2 aromatic rings. The van der Waals surface area contributed by atoms with Gasteiger partial charge in [0.2, 0.25) is 5.91 Å². The number of carbonyl (C=O) groups excluding carboxylic acids is 4. The Hall–Kier alpha value is -3.91. The lowest BCUT2D eigenvalue weighted by atomic mass is 9.79. The molecule has 41 heavy (non-hydrogen) atoms. The van der Waals surface area contributed by atoms with E-state index in [2.05, 4.69) is 15.4 Å². The standard InChI is InChI=1S/C26H34F3N5O7/c1-8-39-20(36)25(11-17(26(27,28)29)34(19(25)35)22(38)41-24(5,6)7)10-15-9-18-32-16(14-33(18)31-12-15)13-30-21(37)40-23(2,3)4/h9,12,14,17H,8,10-11,13H2,1-7H3,(H,30,37). The topological polar surface area (TPSA) is 141 Å². The van der Waals surface area contributed by atoms with Crippen LogP contribution in [0.5, 0.6) is 0 Å². The minimum Gasteiger partial charge on any atom is -0.465 e. The summed E-state index contributed by atoms with van der Waals surface area (Å²) in [6, 6.07) is -1.17. The number of alkyl halides is 3. The highest BCUT2D eigenvalue weighted by molar-refractivity contribution is 6.10. The molecule has 1 fully saturated rings. The Morgan fingerprint density at radius 2 is 1.73 bits per heavy atom. The predicted molar refractivity (Wildman–Crippen MR) is 136 cm³/mol. The lowest BCUT2D eigenvalue weighted by molar-refractivity contribution is -0.177. The third-order valence-corrected chi connectivity index (χ3v) is 5.86. The molecule has 0 spiro atoms. The number of likely N-dealkylation sites (tertiary alicyclic amines) is 1. The van der Waals surface area contributed by atoms with Gasteiger partial charge in [0.05, 0.1) is 31.2 Å². The average molecular weight is 586 g/mol. The number of alkyl carbamates (subject to hydrolysis) is 1. The van der Waals surface area contributed by atoms with E-state index in [1.165, 1.54) is 50.7 Å². The number of hydrogen-bond donors (Lipinski definition) is 1. The van der Waals surface area contributed by atoms with Crippen LogP contribution in [-0.2, 0) is 36.8 Å². The molecule has 226 valence electrons. The Kier molecular flexibility index (Phi) is 8.61. The van der Waals surface area contributed by atoms with E-state index in [0.717, 1.165) is 0 Å². The van der Waals surface area contributed by atoms with E-state index in [1.54, 1.807) is 20.8 Å². The van der Waals surface area contributed by atoms with Crippen molar-refractivity contribution in [3.63, 3.8) is 0 Å². The van der Waals surface area contributed by atoms with Gasteiger partial charge in [-0.3, -0.25) is 9.59 Å². The lowest BCUT2D eigenvalue weighted by Crippen LogP contribution is -2.50. The monoisotopic (exact) mass is 585 g/mol. The molecule has 1 aliphatic rings. The fraction of sp³-hybridized carbons (Fsp3) is 0.615. The largest absolute Gasteiger partial charge is 0.465 e. The third kappa shape index (κ3) is 7.44. The molecule has 0 bridgehead atoms. The first-order valence-electron chi connectivity index (χ1n) is 12.9. The van der Waals surface area contributed by atoms with Gasteiger partial charge in [0, 0.05) is 6.42 Å². The van der Waals surface area contributed by atoms with E-state index in [4.69, 9.17) is 14.2 Å². The molecule has 1 saturated heterocycles. The van der Waals surface area contributed by atoms with Crippen LogP contribution in [0, 0.1) is 5.41 Å². The molecule has 3 amide bonds. The number of nitrogens with zero attached hydrogens (tertiary/aromatic N) is 4. The van der Waals surface area contributed by atoms with Gasteiger partial charge in [0.1, 0.15) is 17.2 Å². The summed E-state index contributed by atoms with van der Waals surface area (Å²) in [5.41, 5.74) is -3.44. The van der Waals surface area contributed by atoms with Crippen LogP contribution >= 0.6 is 0 Å². The van der Waals surface area contributed by atoms with Gasteiger partial charge in [-0.2, -0.15) is 18.3 Å². The Morgan fingerprint density at radius 1 is 1.10 bits per heavy atom. The average Bonchev–Trinajstić information content (AvgIpc) is 3.34. The maximum absolute atomic E-state index is 14.1. The Balaban J connectivity index is 1.94. The molecule has 3 heterocycles. The highest BCUT2D eigenvalue weighted by Gasteiger charge is 2.66. The number of ether oxygens (including phenoxy) is 3. The van der Waals surface area contributed by atoms with Crippen molar-refractivity contribution in [2.45, 2.75) is 91.3 Å². The molecule has 2 aromatic heterocycles. The van der Waals surface area contributed by atoms with E-state index in [9.17, 15) is 32.3 Å². The van der Waals surface area contributed by atoms with Crippen molar-refractivity contribution >= 4 is 29.7 Å². The van der Waals surface area contributed by atoms with Gasteiger partial charge in [-0.25, -0.2) is 24.0 Å². The highest BCUT2D eigenvalue weighted by atomic mass is 19.4. The van der Waals surface area contributed by atoms with Crippen LogP contribution in [0.25, 0.3) is 5.65 Å². The SMILES string of the molecule is CCOC(=O)C1(Cc2cnn3cc(CNC(=O)OC(C)(C)C)nc3c2)CC(C(F)(F)F)N(C(=O)OC(C)(C)C)C1=O. The van der Waals surface area contributed by atoms with Gasteiger partial charge >= 0.3 is 24.3 Å². The normalized spacial score (nSPS) is 19.8. The summed E-state index contributed by atoms with van der Waals surface area (Å²) in [6.07, 6.45) is -6.03. The molecule has 1 aliphatic heterocycles. The van der Waals surface area contributed by atoms with Crippen molar-refractivity contribution in [2.75, 3.05) is 6.61 Å². The number of amides is 3. The smallest absolute Gasteiger partial charge is 0.417 e. The van der Waals surface area contributed by atoms with Crippen LogP contribution in [0.3, 0.4) is 0 Å². The zero-order chi connectivity index (χ0) is 31.0. The maximum atomic E-state index is 14.1. The van der Waals surface area contributed by atoms with Gasteiger partial charge < -0.3 is 19.5 Å². The van der Waals surface area contributed by atoms with Gasteiger partial charge in [0.15, 0.2) is 11.1 Å². The molecule has 12 nitrogen and oxygen atoms in total. The molecule has 3 rings (SSSR count). The number of carbonyl (C=O) groups is 4. The first-order chi connectivity index (χ1) is 18.8. The van der Waals surface area contributed by atoms with Crippen molar-refractivity contribution in [3.05, 3.63) is 29.7 Å². The number of fused-ring (bicyclic) bond motifs is 1. The zero-order valence-electron chi connectivity index (χ0n) is 23.9. The van der Waals surface area contributed by atoms with Crippen molar-refractivity contribution < 1.29 is 46.6 Å². The van der Waals surface area contributed by atoms with E-state index in [1.807, 2.05) is 0 Å². The minimum absolute atomic E-state index is 0.00301. The number of nitrogens with one attached hydrogen (secondary N) is 1. The lowest BCUT2D eigenvalue weighted by Gasteiger charge is -2.28. The molecule has 2 unspecified atom stereocenters. The van der Waals surface area contributed by atoms with Crippen LogP contribution in [-0.4, -0.2) is 73.6 Å². The molecule has 1 N–H and O–H groups in total. The molecular weight excluding hydrogens is 551 g/mol. The maximum Gasteiger partial charge on any atom is 0.417 e. The van der Waals surface area contributed by atoms with E-state index >= 15 is 0 Å². The van der Waals surface area contributed by atoms with Crippen LogP contribution < -0.4 is 5.32 Å². The summed E-state index contributed by atoms with van der Waals surface area (Å²) in [5, 5.41) is 6.74. The van der Waals surface area contributed by atoms with Gasteiger partial charge in [-0.1, -0.05) is 0 Å². The van der Waals surface area contributed by atoms with Gasteiger partial charge in [0.25, 0.3) is 0 Å². The second-order valence-corrected chi connectivity index (χ2v) is 11.7. The Bertz CT molecular complexity index is 1330. The zero-order valence-corrected chi connectivity index (χ0v) is 23.9. The Morgan fingerprint density at radius 3 is 2.29 bits per heavy atom. The number of halogens is 3. The van der Waals surface area contributed by atoms with E-state index < -0.39 is 65.7 Å². The number of imidazole rings is 1. The third-order valence-electron chi connectivity index (χ3n) is 5.86. The number of esters is 1. The number of hydrogen-bond acceptors (Lipinski definition) is 9. The highest BCUT2D eigenvalue weighted by Crippen LogP contribution is 2.46. The summed E-state index contributed by atoms with van der Waals surface area (Å²) in [7, 11) is 0. The van der Waals surface area contributed by atoms with Crippen LogP contribution in [0.2, 0.25) is 0 Å². The summed E-state index contributed by atoms with van der Waals surface area (Å²) < 4.78 is 59.0. The molecule has 2 atom stereocenters. The van der Waals surface area contributed by atoms with Gasteiger partial charge in [-0.15, -0.1) is 0 Å². The fourth-order valence-electron chi connectivity index (χ4n) is 4.30. The van der Waals surface area contributed by atoms with Crippen LogP contribution in [0.15, 0.2) is 18.5 Å². The quantitative estimate of drug-likeness (QED) is 0.303. The fourth-order valence-corrected chi connectivity index (χ4v) is 4.30. The van der Waals surface area contributed by atoms with Crippen LogP contribution in [0.1, 0.15) is 66.1 Å². The van der Waals surface area contributed by atoms with Crippen molar-refractivity contribution in [2.24, 2.45) is 5.41 Å². The summed E-state index contributed by atoms with van der Waals surface area (Å²) >= 11 is 0. The van der Waals surface area contributed by atoms with E-state index in [0.29, 0.717) is 5.69 Å². The summed E-state index contributed by atoms with van der Waals surface area (Å²) in [6.45, 7) is 10.7. The molecule has 15 heteroatoms. The number of rotatable bonds is 6. The molecule has 0 aliphatic carbocycles. The minimum atomic E-state index is -5.04. The first-order valence-corrected chi connectivity index (χ1v) is 12.9. The first kappa shape index (κ1) is 31.6. The van der Waals surface area contributed by atoms with Crippen molar-refractivity contribution in [3.8, 4) is 0 Å². The predicted octanol–water partition coefficient (Wildman–Crippen LogP) is 3.94. The second kappa shape index (κ2) is 11.2. The van der Waals surface area contributed by atoms with Crippen molar-refractivity contribution in [1.29, 1.82) is 0 Å². The molecule has 0 radical (unpaired) electrons. The molecular formula is C26H34F3N5O7. The number of aromatic nitrogens is 3. The molecule has 0 aromatic carbocycles. The summed E-state index contributed by atoms with van der Waals surface area (Å²) in [5.74, 6) is -2.58. The van der Waals surface area contributed by atoms with Crippen molar-refractivity contribution in [1.82, 2.24) is 24.8 Å². The summed E-state index contributed by atoms with van der Waals surface area (Å²) in [4.78, 5) is 55.8. The second-order valence-electron chi connectivity index (χ2n) is 11.7. The molecule has 0 saturated carbocycles. The van der Waals surface area contributed by atoms with Gasteiger partial charge in [-0.05, 0) is 66.5 Å². The Labute approximate surface area is 234 Å². The number of imide groups is 1. The van der Waals surface area contributed by atoms with E-state index in [-0.39, 0.29) is 29.3 Å². The van der Waals surface area contributed by atoms with Crippen LogP contribution in [0.4, 0.5) is 22.8 Å².